The molecule has 11 heteroatoms. The van der Waals surface area contributed by atoms with E-state index in [4.69, 9.17) is 8.83 Å². The second-order valence-corrected chi connectivity index (χ2v) is 11.9. The molecule has 0 unspecified atom stereocenters. The number of nitrogens with zero attached hydrogens (tertiary/aromatic N) is 2. The van der Waals surface area contributed by atoms with Gasteiger partial charge < -0.3 is 8.83 Å². The molecular weight excluding hydrogens is 502 g/mol. The number of aromatic nitrogens is 1. The first-order valence-electron chi connectivity index (χ1n) is 11.2. The molecule has 0 saturated carbocycles. The number of pyridine rings is 1. The molecule has 1 N–H and O–H groups in total. The zero-order valence-corrected chi connectivity index (χ0v) is 20.7. The molecule has 0 atom stereocenters. The summed E-state index contributed by atoms with van der Waals surface area (Å²) < 4.78 is 67.1. The quantitative estimate of drug-likeness (QED) is 0.272. The lowest BCUT2D eigenvalue weighted by Gasteiger charge is -2.22. The van der Waals surface area contributed by atoms with Gasteiger partial charge in [0.2, 0.25) is 20.0 Å². The summed E-state index contributed by atoms with van der Waals surface area (Å²) in [4.78, 5) is 4.24. The molecule has 9 nitrogen and oxygen atoms in total. The van der Waals surface area contributed by atoms with Gasteiger partial charge in [0.05, 0.1) is 22.3 Å². The Morgan fingerprint density at radius 1 is 0.778 bits per heavy atom. The minimum atomic E-state index is -3.87. The van der Waals surface area contributed by atoms with Crippen LogP contribution in [-0.4, -0.2) is 39.2 Å². The van der Waals surface area contributed by atoms with Crippen LogP contribution >= 0.6 is 0 Å². The highest BCUT2D eigenvalue weighted by molar-refractivity contribution is 7.89. The summed E-state index contributed by atoms with van der Waals surface area (Å²) in [6, 6.07) is 16.2. The first kappa shape index (κ1) is 24.2. The van der Waals surface area contributed by atoms with Gasteiger partial charge in [-0.15, -0.1) is 0 Å². The molecule has 5 rings (SSSR count). The Morgan fingerprint density at radius 3 is 2.06 bits per heavy atom. The van der Waals surface area contributed by atoms with Crippen LogP contribution < -0.4 is 4.72 Å². The number of hydrogen-bond donors (Lipinski definition) is 1. The SMILES string of the molecule is O=S(=O)(NCCCN(Cc1ccncc1)S(=O)(=O)c1ccc2occc2c1)c1ccc2occc2c1. The highest BCUT2D eigenvalue weighted by atomic mass is 32.2. The Hall–Kier alpha value is -3.51. The molecular formula is C25H23N3O6S2. The maximum absolute atomic E-state index is 13.5. The number of furan rings is 2. The molecule has 2 aromatic carbocycles. The Kier molecular flexibility index (Phi) is 6.63. The van der Waals surface area contributed by atoms with Crippen LogP contribution in [0.15, 0.2) is 104 Å². The third-order valence-corrected chi connectivity index (χ3v) is 9.08. The van der Waals surface area contributed by atoms with E-state index in [1.807, 2.05) is 0 Å². The number of rotatable bonds is 10. The Morgan fingerprint density at radius 2 is 1.39 bits per heavy atom. The van der Waals surface area contributed by atoms with E-state index >= 15 is 0 Å². The van der Waals surface area contributed by atoms with Gasteiger partial charge in [0.25, 0.3) is 0 Å². The van der Waals surface area contributed by atoms with Gasteiger partial charge >= 0.3 is 0 Å². The summed E-state index contributed by atoms with van der Waals surface area (Å²) >= 11 is 0. The van der Waals surface area contributed by atoms with Crippen LogP contribution in [0.1, 0.15) is 12.0 Å². The predicted molar refractivity (Wildman–Crippen MR) is 134 cm³/mol. The number of fused-ring (bicyclic) bond motifs is 2. The monoisotopic (exact) mass is 525 g/mol. The summed E-state index contributed by atoms with van der Waals surface area (Å²) in [5.41, 5.74) is 1.96. The summed E-state index contributed by atoms with van der Waals surface area (Å²) in [7, 11) is -7.64. The van der Waals surface area contributed by atoms with Crippen molar-refractivity contribution in [3.05, 3.63) is 91.1 Å². The van der Waals surface area contributed by atoms with Crippen LogP contribution in [-0.2, 0) is 26.6 Å². The molecule has 0 aliphatic heterocycles. The van der Waals surface area contributed by atoms with Gasteiger partial charge in [0.1, 0.15) is 11.2 Å². The third kappa shape index (κ3) is 5.05. The maximum atomic E-state index is 13.5. The normalized spacial score (nSPS) is 12.6. The lowest BCUT2D eigenvalue weighted by atomic mass is 10.2. The number of nitrogens with one attached hydrogen (secondary N) is 1. The van der Waals surface area contributed by atoms with E-state index in [9.17, 15) is 16.8 Å². The summed E-state index contributed by atoms with van der Waals surface area (Å²) in [5, 5.41) is 1.37. The summed E-state index contributed by atoms with van der Waals surface area (Å²) in [5.74, 6) is 0. The Balaban J connectivity index is 1.31. The molecule has 0 spiro atoms. The van der Waals surface area contributed by atoms with E-state index in [0.29, 0.717) is 21.9 Å². The van der Waals surface area contributed by atoms with Gasteiger partial charge in [-0.1, -0.05) is 0 Å². The maximum Gasteiger partial charge on any atom is 0.243 e. The van der Waals surface area contributed by atoms with Crippen molar-refractivity contribution in [2.24, 2.45) is 0 Å². The van der Waals surface area contributed by atoms with Crippen LogP contribution in [0.25, 0.3) is 21.9 Å². The highest BCUT2D eigenvalue weighted by Gasteiger charge is 2.25. The molecule has 3 heterocycles. The topological polar surface area (TPSA) is 123 Å². The molecule has 0 aliphatic rings. The lowest BCUT2D eigenvalue weighted by molar-refractivity contribution is 0.399. The van der Waals surface area contributed by atoms with Gasteiger partial charge in [0, 0.05) is 42.8 Å². The average Bonchev–Trinajstić information content (AvgIpc) is 3.55. The first-order chi connectivity index (χ1) is 17.3. The van der Waals surface area contributed by atoms with Gasteiger partial charge in [-0.05, 0) is 72.6 Å². The van der Waals surface area contributed by atoms with Crippen molar-refractivity contribution < 1.29 is 25.7 Å². The van der Waals surface area contributed by atoms with Crippen molar-refractivity contribution in [3.63, 3.8) is 0 Å². The fourth-order valence-corrected chi connectivity index (χ4v) is 6.50. The zero-order chi connectivity index (χ0) is 25.2. The van der Waals surface area contributed by atoms with Crippen LogP contribution in [0.4, 0.5) is 0 Å². The number of benzene rings is 2. The highest BCUT2D eigenvalue weighted by Crippen LogP contribution is 2.24. The van der Waals surface area contributed by atoms with E-state index in [-0.39, 0.29) is 35.8 Å². The standard InChI is InChI=1S/C25H23N3O6S2/c29-35(30,22-2-4-24-20(16-22)8-14-33-24)27-10-1-13-28(18-19-6-11-26-12-7-19)36(31,32)23-3-5-25-21(17-23)9-15-34-25/h2-9,11-12,14-17,27H,1,10,13,18H2. The largest absolute Gasteiger partial charge is 0.464 e. The smallest absolute Gasteiger partial charge is 0.243 e. The fraction of sp³-hybridized carbons (Fsp3) is 0.160. The molecule has 0 saturated heterocycles. The van der Waals surface area contributed by atoms with Crippen molar-refractivity contribution in [1.29, 1.82) is 0 Å². The van der Waals surface area contributed by atoms with Crippen molar-refractivity contribution in [2.45, 2.75) is 22.8 Å². The van der Waals surface area contributed by atoms with E-state index in [1.54, 1.807) is 54.9 Å². The minimum absolute atomic E-state index is 0.0644. The van der Waals surface area contributed by atoms with Crippen molar-refractivity contribution in [2.75, 3.05) is 13.1 Å². The van der Waals surface area contributed by atoms with Crippen LogP contribution in [0, 0.1) is 0 Å². The van der Waals surface area contributed by atoms with E-state index in [1.165, 1.54) is 35.0 Å². The molecule has 0 bridgehead atoms. The van der Waals surface area contributed by atoms with Gasteiger partial charge in [0.15, 0.2) is 0 Å². The Bertz CT molecular complexity index is 1710. The minimum Gasteiger partial charge on any atom is -0.464 e. The predicted octanol–water partition coefficient (Wildman–Crippen LogP) is 4.13. The van der Waals surface area contributed by atoms with Gasteiger partial charge in [-0.3, -0.25) is 4.98 Å². The van der Waals surface area contributed by atoms with Crippen molar-refractivity contribution >= 4 is 42.0 Å². The van der Waals surface area contributed by atoms with E-state index in [2.05, 4.69) is 9.71 Å². The van der Waals surface area contributed by atoms with Crippen molar-refractivity contribution in [1.82, 2.24) is 14.0 Å². The lowest BCUT2D eigenvalue weighted by Crippen LogP contribution is -2.34. The second-order valence-electron chi connectivity index (χ2n) is 8.19. The van der Waals surface area contributed by atoms with Crippen LogP contribution in [0.2, 0.25) is 0 Å². The molecule has 0 aliphatic carbocycles. The average molecular weight is 526 g/mol. The first-order valence-corrected chi connectivity index (χ1v) is 14.1. The second kappa shape index (κ2) is 9.86. The zero-order valence-electron chi connectivity index (χ0n) is 19.1. The van der Waals surface area contributed by atoms with Crippen LogP contribution in [0.5, 0.6) is 0 Å². The van der Waals surface area contributed by atoms with E-state index < -0.39 is 20.0 Å². The molecule has 5 aromatic rings. The fourth-order valence-electron chi connectivity index (χ4n) is 3.89. The van der Waals surface area contributed by atoms with Crippen molar-refractivity contribution in [3.8, 4) is 0 Å². The molecule has 0 radical (unpaired) electrons. The molecule has 36 heavy (non-hydrogen) atoms. The molecule has 0 amide bonds. The number of hydrogen-bond acceptors (Lipinski definition) is 7. The summed E-state index contributed by atoms with van der Waals surface area (Å²) in [6.07, 6.45) is 6.47. The molecule has 0 fully saturated rings. The van der Waals surface area contributed by atoms with Crippen LogP contribution in [0.3, 0.4) is 0 Å². The van der Waals surface area contributed by atoms with Gasteiger partial charge in [-0.25, -0.2) is 21.6 Å². The number of sulfonamides is 2. The van der Waals surface area contributed by atoms with Gasteiger partial charge in [-0.2, -0.15) is 4.31 Å². The van der Waals surface area contributed by atoms with E-state index in [0.717, 1.165) is 5.56 Å². The Labute approximate surface area is 208 Å². The third-order valence-electron chi connectivity index (χ3n) is 5.78. The molecule has 3 aromatic heterocycles. The summed E-state index contributed by atoms with van der Waals surface area (Å²) in [6.45, 7) is 0.296. The molecule has 186 valence electrons.